The van der Waals surface area contributed by atoms with Crippen molar-refractivity contribution in [3.05, 3.63) is 35.7 Å². The van der Waals surface area contributed by atoms with Crippen LogP contribution in [0.4, 0.5) is 0 Å². The minimum atomic E-state index is -0.112. The van der Waals surface area contributed by atoms with Gasteiger partial charge in [-0.1, -0.05) is 25.2 Å². The number of likely N-dealkylation sites (tertiary alicyclic amines) is 1. The van der Waals surface area contributed by atoms with E-state index in [9.17, 15) is 4.79 Å². The smallest absolute Gasteiger partial charge is 0.320 e. The van der Waals surface area contributed by atoms with E-state index in [1.807, 2.05) is 6.92 Å². The zero-order chi connectivity index (χ0) is 18.1. The van der Waals surface area contributed by atoms with Gasteiger partial charge in [-0.15, -0.1) is 0 Å². The average Bonchev–Trinajstić information content (AvgIpc) is 2.86. The van der Waals surface area contributed by atoms with Crippen LogP contribution in [0.15, 0.2) is 40.7 Å². The van der Waals surface area contributed by atoms with Gasteiger partial charge >= 0.3 is 5.97 Å². The molecule has 0 atom stereocenters. The van der Waals surface area contributed by atoms with E-state index in [2.05, 4.69) is 52.9 Å². The second-order valence-corrected chi connectivity index (χ2v) is 6.55. The number of rotatable bonds is 7. The Hall–Kier alpha value is -1.88. The van der Waals surface area contributed by atoms with Crippen molar-refractivity contribution in [1.29, 1.82) is 0 Å². The Morgan fingerprint density at radius 3 is 2.76 bits per heavy atom. The molecule has 0 N–H and O–H groups in total. The summed E-state index contributed by atoms with van der Waals surface area (Å²) < 4.78 is 5.04. The van der Waals surface area contributed by atoms with Crippen LogP contribution in [0.1, 0.15) is 33.1 Å². The number of allylic oxidation sites excluding steroid dienone is 3. The first-order valence-electron chi connectivity index (χ1n) is 9.32. The van der Waals surface area contributed by atoms with E-state index >= 15 is 0 Å². The largest absolute Gasteiger partial charge is 0.465 e. The summed E-state index contributed by atoms with van der Waals surface area (Å²) in [6, 6.07) is 0. The summed E-state index contributed by atoms with van der Waals surface area (Å²) in [5.41, 5.74) is 2.45. The molecule has 2 aliphatic heterocycles. The van der Waals surface area contributed by atoms with Crippen LogP contribution in [-0.2, 0) is 9.53 Å². The summed E-state index contributed by atoms with van der Waals surface area (Å²) in [6.45, 7) is 12.2. The Bertz CT molecular complexity index is 543. The highest BCUT2D eigenvalue weighted by Crippen LogP contribution is 2.26. The van der Waals surface area contributed by atoms with Gasteiger partial charge in [-0.05, 0) is 57.5 Å². The molecule has 2 heterocycles. The normalized spacial score (nSPS) is 20.2. The Balaban J connectivity index is 1.86. The maximum atomic E-state index is 11.6. The fourth-order valence-corrected chi connectivity index (χ4v) is 3.37. The van der Waals surface area contributed by atoms with Crippen LogP contribution in [0, 0.1) is 5.92 Å². The number of nitrogens with zero attached hydrogens (tertiary/aromatic N) is 3. The molecule has 0 unspecified atom stereocenters. The summed E-state index contributed by atoms with van der Waals surface area (Å²) in [5, 5.41) is 0. The van der Waals surface area contributed by atoms with Gasteiger partial charge in [0.1, 0.15) is 0 Å². The molecular formula is C20H31N3O2. The summed E-state index contributed by atoms with van der Waals surface area (Å²) >= 11 is 0. The number of aliphatic imine (C=N–C) groups is 1. The second-order valence-electron chi connectivity index (χ2n) is 6.55. The minimum absolute atomic E-state index is 0.112. The van der Waals surface area contributed by atoms with Gasteiger partial charge in [-0.25, -0.2) is 0 Å². The standard InChI is InChI=1S/C20H31N3O2/c1-4-19(21-3)15-22-11-6-7-17(8-12-22)18-9-13-23(14-10-18)16-20(24)25-5-2/h6-8,15,18H,3-5,9-14,16H2,1-2H3/b19-15-. The van der Waals surface area contributed by atoms with Crippen molar-refractivity contribution >= 4 is 12.7 Å². The van der Waals surface area contributed by atoms with Crippen LogP contribution < -0.4 is 0 Å². The second kappa shape index (κ2) is 10.2. The van der Waals surface area contributed by atoms with Crippen molar-refractivity contribution in [2.24, 2.45) is 10.9 Å². The molecule has 0 amide bonds. The average molecular weight is 345 g/mol. The fourth-order valence-electron chi connectivity index (χ4n) is 3.37. The predicted molar refractivity (Wildman–Crippen MR) is 103 cm³/mol. The third-order valence-electron chi connectivity index (χ3n) is 4.83. The summed E-state index contributed by atoms with van der Waals surface area (Å²) in [6.07, 6.45) is 12.0. The number of ether oxygens (including phenoxy) is 1. The van der Waals surface area contributed by atoms with Crippen molar-refractivity contribution in [3.8, 4) is 0 Å². The van der Waals surface area contributed by atoms with Gasteiger partial charge in [0.05, 0.1) is 18.8 Å². The zero-order valence-electron chi connectivity index (χ0n) is 15.6. The fraction of sp³-hybridized carbons (Fsp3) is 0.600. The van der Waals surface area contributed by atoms with Gasteiger partial charge in [-0.2, -0.15) is 0 Å². The van der Waals surface area contributed by atoms with Crippen LogP contribution >= 0.6 is 0 Å². The van der Waals surface area contributed by atoms with E-state index in [0.717, 1.165) is 51.1 Å². The van der Waals surface area contributed by atoms with Crippen molar-refractivity contribution in [1.82, 2.24) is 9.80 Å². The van der Waals surface area contributed by atoms with E-state index in [1.54, 1.807) is 0 Å². The van der Waals surface area contributed by atoms with Crippen molar-refractivity contribution in [2.45, 2.75) is 33.1 Å². The molecule has 25 heavy (non-hydrogen) atoms. The quantitative estimate of drug-likeness (QED) is 0.526. The highest BCUT2D eigenvalue weighted by atomic mass is 16.5. The van der Waals surface area contributed by atoms with Crippen LogP contribution in [0.2, 0.25) is 0 Å². The van der Waals surface area contributed by atoms with Gasteiger partial charge in [-0.3, -0.25) is 14.7 Å². The first kappa shape index (κ1) is 19.4. The highest BCUT2D eigenvalue weighted by molar-refractivity contribution is 5.71. The molecule has 0 aromatic heterocycles. The molecule has 0 saturated carbocycles. The monoisotopic (exact) mass is 345 g/mol. The molecular weight excluding hydrogens is 314 g/mol. The molecule has 138 valence electrons. The molecule has 5 heteroatoms. The lowest BCUT2D eigenvalue weighted by atomic mass is 9.88. The summed E-state index contributed by atoms with van der Waals surface area (Å²) in [5.74, 6) is 0.473. The van der Waals surface area contributed by atoms with Crippen molar-refractivity contribution < 1.29 is 9.53 Å². The van der Waals surface area contributed by atoms with Crippen LogP contribution in [-0.4, -0.2) is 61.8 Å². The Morgan fingerprint density at radius 1 is 1.36 bits per heavy atom. The van der Waals surface area contributed by atoms with Gasteiger partial charge in [0, 0.05) is 19.3 Å². The topological polar surface area (TPSA) is 45.1 Å². The highest BCUT2D eigenvalue weighted by Gasteiger charge is 2.23. The lowest BCUT2D eigenvalue weighted by molar-refractivity contribution is -0.144. The molecule has 5 nitrogen and oxygen atoms in total. The molecule has 0 radical (unpaired) electrons. The Labute approximate surface area is 151 Å². The number of carbonyl (C=O) groups excluding carboxylic acids is 1. The Morgan fingerprint density at radius 2 is 2.12 bits per heavy atom. The maximum Gasteiger partial charge on any atom is 0.320 e. The van der Waals surface area contributed by atoms with Gasteiger partial charge in [0.2, 0.25) is 0 Å². The number of hydrogen-bond acceptors (Lipinski definition) is 5. The Kier molecular flexibility index (Phi) is 7.92. The summed E-state index contributed by atoms with van der Waals surface area (Å²) in [4.78, 5) is 20.1. The molecule has 1 saturated heterocycles. The summed E-state index contributed by atoms with van der Waals surface area (Å²) in [7, 11) is 0. The van der Waals surface area contributed by atoms with Crippen LogP contribution in [0.3, 0.4) is 0 Å². The van der Waals surface area contributed by atoms with Crippen molar-refractivity contribution in [2.75, 3.05) is 39.3 Å². The van der Waals surface area contributed by atoms with Gasteiger partial charge < -0.3 is 9.64 Å². The lowest BCUT2D eigenvalue weighted by Gasteiger charge is -2.31. The zero-order valence-corrected chi connectivity index (χ0v) is 15.6. The maximum absolute atomic E-state index is 11.6. The van der Waals surface area contributed by atoms with Crippen molar-refractivity contribution in [3.63, 3.8) is 0 Å². The third-order valence-corrected chi connectivity index (χ3v) is 4.83. The molecule has 0 bridgehead atoms. The first-order chi connectivity index (χ1) is 12.2. The van der Waals surface area contributed by atoms with E-state index in [1.165, 1.54) is 5.57 Å². The molecule has 0 aromatic carbocycles. The molecule has 0 spiro atoms. The van der Waals surface area contributed by atoms with Gasteiger partial charge in [0.25, 0.3) is 0 Å². The van der Waals surface area contributed by atoms with E-state index in [4.69, 9.17) is 4.74 Å². The van der Waals surface area contributed by atoms with E-state index < -0.39 is 0 Å². The molecule has 2 rings (SSSR count). The molecule has 0 aromatic rings. The predicted octanol–water partition coefficient (Wildman–Crippen LogP) is 3.01. The number of hydrogen-bond donors (Lipinski definition) is 0. The third kappa shape index (κ3) is 6.16. The number of carbonyl (C=O) groups is 1. The van der Waals surface area contributed by atoms with Crippen LogP contribution in [0.5, 0.6) is 0 Å². The molecule has 1 fully saturated rings. The van der Waals surface area contributed by atoms with E-state index in [-0.39, 0.29) is 5.97 Å². The number of piperidine rings is 1. The van der Waals surface area contributed by atoms with E-state index in [0.29, 0.717) is 19.1 Å². The molecule has 2 aliphatic rings. The lowest BCUT2D eigenvalue weighted by Crippen LogP contribution is -2.38. The first-order valence-corrected chi connectivity index (χ1v) is 9.32. The minimum Gasteiger partial charge on any atom is -0.465 e. The SMILES string of the molecule is C=N/C(=C\N1CC=CC(C2CCN(CC(=O)OCC)CC2)=CC1)CC. The number of esters is 1. The molecule has 0 aliphatic carbocycles. The van der Waals surface area contributed by atoms with Crippen LogP contribution in [0.25, 0.3) is 0 Å². The van der Waals surface area contributed by atoms with Gasteiger partial charge in [0.15, 0.2) is 0 Å².